The Hall–Kier alpha value is -1.40. The van der Waals surface area contributed by atoms with Gasteiger partial charge in [-0.15, -0.1) is 11.3 Å². The zero-order chi connectivity index (χ0) is 13.4. The predicted octanol–water partition coefficient (Wildman–Crippen LogP) is 1.57. The van der Waals surface area contributed by atoms with E-state index in [0.717, 1.165) is 42.7 Å². The standard InChI is InChI=1S/C13H19N5S/c1-9-12(10(2)17(3)16-9)11-8-19-13(15-11)18-6-4-14-5-7-18/h8,14H,4-7H2,1-3H3. The van der Waals surface area contributed by atoms with Crippen LogP contribution < -0.4 is 10.2 Å². The minimum Gasteiger partial charge on any atom is -0.346 e. The van der Waals surface area contributed by atoms with Gasteiger partial charge in [-0.25, -0.2) is 4.98 Å². The molecule has 1 fully saturated rings. The fraction of sp³-hybridized carbons (Fsp3) is 0.538. The number of nitrogens with one attached hydrogen (secondary N) is 1. The van der Waals surface area contributed by atoms with Crippen LogP contribution in [0.2, 0.25) is 0 Å². The fourth-order valence-electron chi connectivity index (χ4n) is 2.52. The van der Waals surface area contributed by atoms with Gasteiger partial charge in [-0.05, 0) is 13.8 Å². The predicted molar refractivity (Wildman–Crippen MR) is 78.9 cm³/mol. The van der Waals surface area contributed by atoms with Gasteiger partial charge in [0.1, 0.15) is 0 Å². The van der Waals surface area contributed by atoms with Gasteiger partial charge < -0.3 is 10.2 Å². The Balaban J connectivity index is 1.92. The highest BCUT2D eigenvalue weighted by Gasteiger charge is 2.18. The third-order valence-corrected chi connectivity index (χ3v) is 4.55. The molecule has 3 heterocycles. The van der Waals surface area contributed by atoms with Crippen molar-refractivity contribution in [1.82, 2.24) is 20.1 Å². The van der Waals surface area contributed by atoms with Gasteiger partial charge in [0.2, 0.25) is 0 Å². The number of piperazine rings is 1. The van der Waals surface area contributed by atoms with E-state index in [2.05, 4.69) is 27.6 Å². The molecule has 0 aliphatic carbocycles. The molecule has 3 rings (SSSR count). The molecule has 0 aromatic carbocycles. The highest BCUT2D eigenvalue weighted by atomic mass is 32.1. The number of aryl methyl sites for hydroxylation is 2. The molecule has 1 aliphatic rings. The van der Waals surface area contributed by atoms with E-state index in [1.807, 2.05) is 18.7 Å². The first-order valence-corrected chi connectivity index (χ1v) is 7.46. The molecular formula is C13H19N5S. The van der Waals surface area contributed by atoms with Crippen LogP contribution in [0.25, 0.3) is 11.3 Å². The van der Waals surface area contributed by atoms with Crippen LogP contribution in [0.3, 0.4) is 0 Å². The summed E-state index contributed by atoms with van der Waals surface area (Å²) in [6.45, 7) is 8.31. The molecule has 0 amide bonds. The monoisotopic (exact) mass is 277 g/mol. The van der Waals surface area contributed by atoms with Crippen molar-refractivity contribution in [3.63, 3.8) is 0 Å². The highest BCUT2D eigenvalue weighted by molar-refractivity contribution is 7.14. The number of hydrogen-bond acceptors (Lipinski definition) is 5. The molecule has 102 valence electrons. The lowest BCUT2D eigenvalue weighted by Crippen LogP contribution is -2.43. The Kier molecular flexibility index (Phi) is 3.28. The van der Waals surface area contributed by atoms with Gasteiger partial charge in [0.05, 0.1) is 11.4 Å². The maximum Gasteiger partial charge on any atom is 0.185 e. The summed E-state index contributed by atoms with van der Waals surface area (Å²) in [6, 6.07) is 0. The zero-order valence-electron chi connectivity index (χ0n) is 11.6. The minimum atomic E-state index is 1.04. The van der Waals surface area contributed by atoms with Crippen LogP contribution in [0.5, 0.6) is 0 Å². The Labute approximate surface area is 117 Å². The van der Waals surface area contributed by atoms with Crippen molar-refractivity contribution in [2.24, 2.45) is 7.05 Å². The molecule has 2 aromatic rings. The summed E-state index contributed by atoms with van der Waals surface area (Å²) < 4.78 is 1.93. The Morgan fingerprint density at radius 2 is 2.00 bits per heavy atom. The first kappa shape index (κ1) is 12.6. The van der Waals surface area contributed by atoms with Gasteiger partial charge in [-0.1, -0.05) is 0 Å². The van der Waals surface area contributed by atoms with Crippen LogP contribution in [0.1, 0.15) is 11.4 Å². The summed E-state index contributed by atoms with van der Waals surface area (Å²) in [4.78, 5) is 7.16. The molecule has 19 heavy (non-hydrogen) atoms. The highest BCUT2D eigenvalue weighted by Crippen LogP contribution is 2.31. The van der Waals surface area contributed by atoms with Crippen LogP contribution in [-0.2, 0) is 7.05 Å². The Morgan fingerprint density at radius 1 is 1.26 bits per heavy atom. The fourth-order valence-corrected chi connectivity index (χ4v) is 3.40. The summed E-state index contributed by atoms with van der Waals surface area (Å²) in [7, 11) is 1.98. The molecule has 1 aliphatic heterocycles. The van der Waals surface area contributed by atoms with Gasteiger partial charge in [-0.3, -0.25) is 4.68 Å². The van der Waals surface area contributed by atoms with E-state index in [1.54, 1.807) is 11.3 Å². The second-order valence-electron chi connectivity index (χ2n) is 4.92. The van der Waals surface area contributed by atoms with Crippen molar-refractivity contribution in [1.29, 1.82) is 0 Å². The third-order valence-electron chi connectivity index (χ3n) is 3.64. The van der Waals surface area contributed by atoms with E-state index in [-0.39, 0.29) is 0 Å². The van der Waals surface area contributed by atoms with Crippen LogP contribution >= 0.6 is 11.3 Å². The van der Waals surface area contributed by atoms with Gasteiger partial charge in [0.15, 0.2) is 5.13 Å². The molecule has 0 bridgehead atoms. The SMILES string of the molecule is Cc1nn(C)c(C)c1-c1csc(N2CCNCC2)n1. The summed E-state index contributed by atoms with van der Waals surface area (Å²) in [6.07, 6.45) is 0. The number of rotatable bonds is 2. The summed E-state index contributed by atoms with van der Waals surface area (Å²) >= 11 is 1.73. The van der Waals surface area contributed by atoms with E-state index in [1.165, 1.54) is 11.3 Å². The van der Waals surface area contributed by atoms with Crippen molar-refractivity contribution in [3.05, 3.63) is 16.8 Å². The molecular weight excluding hydrogens is 258 g/mol. The average Bonchev–Trinajstić information content (AvgIpc) is 2.97. The lowest BCUT2D eigenvalue weighted by Gasteiger charge is -2.26. The summed E-state index contributed by atoms with van der Waals surface area (Å²) in [5.41, 5.74) is 4.47. The average molecular weight is 277 g/mol. The van der Waals surface area contributed by atoms with Gasteiger partial charge in [-0.2, -0.15) is 5.10 Å². The lowest BCUT2D eigenvalue weighted by atomic mass is 10.1. The van der Waals surface area contributed by atoms with Crippen LogP contribution in [0.15, 0.2) is 5.38 Å². The van der Waals surface area contributed by atoms with E-state index in [4.69, 9.17) is 4.98 Å². The van der Waals surface area contributed by atoms with Crippen molar-refractivity contribution in [2.75, 3.05) is 31.1 Å². The molecule has 0 saturated carbocycles. The first-order valence-electron chi connectivity index (χ1n) is 6.58. The molecule has 1 N–H and O–H groups in total. The second kappa shape index (κ2) is 4.94. The number of thiazole rings is 1. The normalized spacial score (nSPS) is 16.1. The Morgan fingerprint density at radius 3 is 2.63 bits per heavy atom. The maximum atomic E-state index is 4.80. The molecule has 6 heteroatoms. The van der Waals surface area contributed by atoms with Gasteiger partial charge >= 0.3 is 0 Å². The summed E-state index contributed by atoms with van der Waals surface area (Å²) in [5.74, 6) is 0. The molecule has 0 spiro atoms. The van der Waals surface area contributed by atoms with E-state index < -0.39 is 0 Å². The lowest BCUT2D eigenvalue weighted by molar-refractivity contribution is 0.588. The summed E-state index contributed by atoms with van der Waals surface area (Å²) in [5, 5.41) is 11.1. The van der Waals surface area contributed by atoms with Gasteiger partial charge in [0.25, 0.3) is 0 Å². The molecule has 2 aromatic heterocycles. The van der Waals surface area contributed by atoms with E-state index in [0.29, 0.717) is 0 Å². The molecule has 5 nitrogen and oxygen atoms in total. The quantitative estimate of drug-likeness (QED) is 0.905. The second-order valence-corrected chi connectivity index (χ2v) is 5.76. The van der Waals surface area contributed by atoms with Crippen molar-refractivity contribution in [3.8, 4) is 11.3 Å². The number of hydrogen-bond donors (Lipinski definition) is 1. The van der Waals surface area contributed by atoms with Crippen LogP contribution in [-0.4, -0.2) is 40.9 Å². The van der Waals surface area contributed by atoms with Crippen LogP contribution in [0, 0.1) is 13.8 Å². The topological polar surface area (TPSA) is 46.0 Å². The number of nitrogens with zero attached hydrogens (tertiary/aromatic N) is 4. The largest absolute Gasteiger partial charge is 0.346 e. The van der Waals surface area contributed by atoms with Crippen molar-refractivity contribution in [2.45, 2.75) is 13.8 Å². The molecule has 0 atom stereocenters. The number of anilines is 1. The van der Waals surface area contributed by atoms with E-state index >= 15 is 0 Å². The number of aromatic nitrogens is 3. The first-order chi connectivity index (χ1) is 9.16. The minimum absolute atomic E-state index is 1.04. The molecule has 0 unspecified atom stereocenters. The zero-order valence-corrected chi connectivity index (χ0v) is 12.4. The van der Waals surface area contributed by atoms with Crippen LogP contribution in [0.4, 0.5) is 5.13 Å². The third kappa shape index (κ3) is 2.26. The Bertz CT molecular complexity index is 580. The smallest absolute Gasteiger partial charge is 0.185 e. The molecule has 1 saturated heterocycles. The van der Waals surface area contributed by atoms with Crippen molar-refractivity contribution >= 4 is 16.5 Å². The van der Waals surface area contributed by atoms with Crippen molar-refractivity contribution < 1.29 is 0 Å². The maximum absolute atomic E-state index is 4.80. The van der Waals surface area contributed by atoms with E-state index in [9.17, 15) is 0 Å². The van der Waals surface area contributed by atoms with Gasteiger partial charge in [0, 0.05) is 49.9 Å². The molecule has 0 radical (unpaired) electrons.